The highest BCUT2D eigenvalue weighted by molar-refractivity contribution is 5.89. The van der Waals surface area contributed by atoms with Gasteiger partial charge in [0, 0.05) is 17.0 Å². The highest BCUT2D eigenvalue weighted by Gasteiger charge is 2.52. The lowest BCUT2D eigenvalue weighted by molar-refractivity contribution is -0.146. The van der Waals surface area contributed by atoms with Crippen LogP contribution < -0.4 is 0 Å². The summed E-state index contributed by atoms with van der Waals surface area (Å²) in [6.07, 6.45) is 1.81. The van der Waals surface area contributed by atoms with Crippen LogP contribution in [0.15, 0.2) is 66.2 Å². The van der Waals surface area contributed by atoms with Gasteiger partial charge in [-0.25, -0.2) is 0 Å². The van der Waals surface area contributed by atoms with Gasteiger partial charge in [0.15, 0.2) is 11.4 Å². The van der Waals surface area contributed by atoms with Gasteiger partial charge in [-0.2, -0.15) is 0 Å². The van der Waals surface area contributed by atoms with Crippen LogP contribution in [0.3, 0.4) is 0 Å². The molecule has 2 aromatic rings. The predicted octanol–water partition coefficient (Wildman–Crippen LogP) is 5.98. The van der Waals surface area contributed by atoms with Crippen molar-refractivity contribution in [3.05, 3.63) is 77.4 Å². The van der Waals surface area contributed by atoms with Crippen LogP contribution in [0, 0.1) is 11.8 Å². The molecule has 0 spiro atoms. The van der Waals surface area contributed by atoms with Gasteiger partial charge in [0.25, 0.3) is 0 Å². The smallest absolute Gasteiger partial charge is 0.195 e. The summed E-state index contributed by atoms with van der Waals surface area (Å²) in [6.45, 7) is 8.25. The first-order valence-electron chi connectivity index (χ1n) is 9.60. The van der Waals surface area contributed by atoms with Gasteiger partial charge in [-0.1, -0.05) is 81.4 Å². The Labute approximate surface area is 156 Å². The number of rotatable bonds is 5. The minimum Gasteiger partial charge on any atom is -0.474 e. The van der Waals surface area contributed by atoms with Crippen LogP contribution in [-0.2, 0) is 15.1 Å². The summed E-state index contributed by atoms with van der Waals surface area (Å²) in [6, 6.07) is 20.2. The molecule has 0 unspecified atom stereocenters. The lowest BCUT2D eigenvalue weighted by Crippen LogP contribution is -2.49. The molecule has 1 aliphatic rings. The van der Waals surface area contributed by atoms with Crippen molar-refractivity contribution in [2.24, 2.45) is 11.8 Å². The predicted molar refractivity (Wildman–Crippen MR) is 106 cm³/mol. The Hall–Kier alpha value is -2.35. The van der Waals surface area contributed by atoms with Gasteiger partial charge in [-0.05, 0) is 31.3 Å². The molecule has 0 aliphatic carbocycles. The van der Waals surface area contributed by atoms with Gasteiger partial charge >= 0.3 is 0 Å². The van der Waals surface area contributed by atoms with E-state index >= 15 is 0 Å². The van der Waals surface area contributed by atoms with E-state index in [4.69, 9.17) is 4.74 Å². The number of ketones is 1. The van der Waals surface area contributed by atoms with Crippen molar-refractivity contribution in [3.63, 3.8) is 0 Å². The number of carbonyl (C=O) groups excluding carboxylic acids is 1. The molecule has 3 atom stereocenters. The Morgan fingerprint density at radius 1 is 1.00 bits per heavy atom. The lowest BCUT2D eigenvalue weighted by atomic mass is 9.66. The first kappa shape index (κ1) is 18.4. The van der Waals surface area contributed by atoms with E-state index in [0.29, 0.717) is 0 Å². The molecule has 0 bridgehead atoms. The fraction of sp³-hybridized carbons (Fsp3) is 0.375. The summed E-state index contributed by atoms with van der Waals surface area (Å²) < 4.78 is 6.72. The van der Waals surface area contributed by atoms with Crippen LogP contribution in [0.1, 0.15) is 51.7 Å². The molecule has 0 fully saturated rings. The molecule has 0 saturated heterocycles. The highest BCUT2D eigenvalue weighted by Crippen LogP contribution is 2.51. The molecule has 0 aromatic heterocycles. The van der Waals surface area contributed by atoms with Crippen molar-refractivity contribution in [2.75, 3.05) is 0 Å². The largest absolute Gasteiger partial charge is 0.474 e. The first-order chi connectivity index (χ1) is 12.6. The van der Waals surface area contributed by atoms with E-state index in [-0.39, 0.29) is 17.6 Å². The van der Waals surface area contributed by atoms with Crippen molar-refractivity contribution in [3.8, 4) is 0 Å². The van der Waals surface area contributed by atoms with E-state index in [1.807, 2.05) is 48.5 Å². The molecule has 1 heterocycles. The zero-order valence-corrected chi connectivity index (χ0v) is 16.2. The fourth-order valence-corrected chi connectivity index (χ4v) is 4.56. The third-order valence-corrected chi connectivity index (χ3v) is 5.81. The third kappa shape index (κ3) is 2.88. The molecule has 0 radical (unpaired) electrons. The Morgan fingerprint density at radius 2 is 1.58 bits per heavy atom. The monoisotopic (exact) mass is 348 g/mol. The summed E-state index contributed by atoms with van der Waals surface area (Å²) in [5.74, 6) is 1.35. The van der Waals surface area contributed by atoms with Crippen molar-refractivity contribution in [1.29, 1.82) is 0 Å². The Kier molecular flexibility index (Phi) is 5.31. The second-order valence-electron chi connectivity index (χ2n) is 7.14. The number of hydrogen-bond acceptors (Lipinski definition) is 2. The highest BCUT2D eigenvalue weighted by atomic mass is 16.5. The summed E-state index contributed by atoms with van der Waals surface area (Å²) in [4.78, 5) is 13.1. The minimum atomic E-state index is -0.931. The van der Waals surface area contributed by atoms with Gasteiger partial charge in [0.1, 0.15) is 5.76 Å². The van der Waals surface area contributed by atoms with Gasteiger partial charge in [0.2, 0.25) is 0 Å². The van der Waals surface area contributed by atoms with Crippen molar-refractivity contribution in [1.82, 2.24) is 0 Å². The fourth-order valence-electron chi connectivity index (χ4n) is 4.56. The minimum absolute atomic E-state index is 0.0750. The Balaban J connectivity index is 2.26. The average molecular weight is 348 g/mol. The molecule has 0 amide bonds. The lowest BCUT2D eigenvalue weighted by Gasteiger charge is -2.47. The van der Waals surface area contributed by atoms with Gasteiger partial charge in [-0.3, -0.25) is 4.79 Å². The normalized spacial score (nSPS) is 25.7. The summed E-state index contributed by atoms with van der Waals surface area (Å²) in [7, 11) is 0. The quantitative estimate of drug-likeness (QED) is 0.664. The maximum atomic E-state index is 13.1. The summed E-state index contributed by atoms with van der Waals surface area (Å²) >= 11 is 0. The SMILES string of the molecule is CCC1=C(c2ccccc2)O[C@@](C(C)=O)(c2ccccc2)[C@H](CC)[C@H]1C. The summed E-state index contributed by atoms with van der Waals surface area (Å²) in [5.41, 5.74) is 2.37. The van der Waals surface area contributed by atoms with E-state index in [0.717, 1.165) is 29.7 Å². The van der Waals surface area contributed by atoms with Gasteiger partial charge < -0.3 is 4.74 Å². The van der Waals surface area contributed by atoms with Gasteiger partial charge in [-0.15, -0.1) is 0 Å². The van der Waals surface area contributed by atoms with E-state index in [1.54, 1.807) is 6.92 Å². The van der Waals surface area contributed by atoms with Crippen LogP contribution in [0.4, 0.5) is 0 Å². The molecule has 2 heteroatoms. The van der Waals surface area contributed by atoms with Crippen molar-refractivity contribution >= 4 is 11.5 Å². The molecule has 26 heavy (non-hydrogen) atoms. The number of Topliss-reactive ketones (excluding diaryl/α,β-unsaturated/α-hetero) is 1. The topological polar surface area (TPSA) is 26.3 Å². The van der Waals surface area contributed by atoms with E-state index in [1.165, 1.54) is 5.57 Å². The molecule has 0 saturated carbocycles. The number of ether oxygens (including phenoxy) is 1. The van der Waals surface area contributed by atoms with Crippen LogP contribution in [0.25, 0.3) is 5.76 Å². The number of carbonyl (C=O) groups is 1. The molecule has 2 nitrogen and oxygen atoms in total. The van der Waals surface area contributed by atoms with E-state index in [9.17, 15) is 4.79 Å². The van der Waals surface area contributed by atoms with Gasteiger partial charge in [0.05, 0.1) is 0 Å². The molecular formula is C24H28O2. The van der Waals surface area contributed by atoms with E-state index < -0.39 is 5.60 Å². The maximum Gasteiger partial charge on any atom is 0.195 e. The standard InChI is InChI=1S/C24H28O2/c1-5-21-17(3)22(6-2)24(18(4)25,20-15-11-8-12-16-20)26-23(21)19-13-9-7-10-14-19/h7-17,22H,5-6H2,1-4H3/t17-,22+,24-/m0/s1. The molecule has 0 N–H and O–H groups in total. The van der Waals surface area contributed by atoms with Crippen molar-refractivity contribution in [2.45, 2.75) is 46.1 Å². The Morgan fingerprint density at radius 3 is 2.08 bits per heavy atom. The average Bonchev–Trinajstić information content (AvgIpc) is 2.68. The number of allylic oxidation sites excluding steroid dienone is 1. The number of hydrogen-bond donors (Lipinski definition) is 0. The molecule has 2 aromatic carbocycles. The van der Waals surface area contributed by atoms with Crippen LogP contribution >= 0.6 is 0 Å². The van der Waals surface area contributed by atoms with Crippen LogP contribution in [-0.4, -0.2) is 5.78 Å². The molecule has 1 aliphatic heterocycles. The summed E-state index contributed by atoms with van der Waals surface area (Å²) in [5, 5.41) is 0. The second-order valence-corrected chi connectivity index (χ2v) is 7.14. The van der Waals surface area contributed by atoms with Crippen molar-refractivity contribution < 1.29 is 9.53 Å². The number of benzene rings is 2. The van der Waals surface area contributed by atoms with Crippen LogP contribution in [0.2, 0.25) is 0 Å². The zero-order chi connectivity index (χ0) is 18.7. The first-order valence-corrected chi connectivity index (χ1v) is 9.60. The third-order valence-electron chi connectivity index (χ3n) is 5.81. The molecular weight excluding hydrogens is 320 g/mol. The second kappa shape index (κ2) is 7.49. The zero-order valence-electron chi connectivity index (χ0n) is 16.2. The van der Waals surface area contributed by atoms with E-state index in [2.05, 4.69) is 32.9 Å². The molecule has 3 rings (SSSR count). The maximum absolute atomic E-state index is 13.1. The Bertz CT molecular complexity index is 791. The molecule has 136 valence electrons. The van der Waals surface area contributed by atoms with Crippen LogP contribution in [0.5, 0.6) is 0 Å².